The molecule has 0 amide bonds. The summed E-state index contributed by atoms with van der Waals surface area (Å²) in [6.45, 7) is 2.16. The van der Waals surface area contributed by atoms with Crippen LogP contribution in [0, 0.1) is 0 Å². The standard InChI is InChI=1S/C12H14N2OS/c1-2-3-9-4-6-10(7-5-9)12(15)11-8-13-14-16-11/h4-8,12,15H,2-3H2,1H3. The molecule has 2 aromatic rings. The van der Waals surface area contributed by atoms with E-state index in [2.05, 4.69) is 28.6 Å². The highest BCUT2D eigenvalue weighted by Crippen LogP contribution is 2.23. The van der Waals surface area contributed by atoms with Gasteiger partial charge in [-0.2, -0.15) is 0 Å². The maximum absolute atomic E-state index is 10.0. The summed E-state index contributed by atoms with van der Waals surface area (Å²) < 4.78 is 3.75. The molecule has 16 heavy (non-hydrogen) atoms. The molecular weight excluding hydrogens is 220 g/mol. The predicted octanol–water partition coefficient (Wildman–Crippen LogP) is 2.57. The lowest BCUT2D eigenvalue weighted by Crippen LogP contribution is -1.97. The van der Waals surface area contributed by atoms with Gasteiger partial charge >= 0.3 is 0 Å². The molecule has 1 heterocycles. The third-order valence-electron chi connectivity index (χ3n) is 2.48. The molecule has 1 atom stereocenters. The Bertz CT molecular complexity index is 425. The van der Waals surface area contributed by atoms with Crippen LogP contribution >= 0.6 is 11.5 Å². The number of benzene rings is 1. The Hall–Kier alpha value is -1.26. The molecule has 0 spiro atoms. The van der Waals surface area contributed by atoms with E-state index in [1.807, 2.05) is 12.1 Å². The average molecular weight is 234 g/mol. The second-order valence-electron chi connectivity index (χ2n) is 3.71. The van der Waals surface area contributed by atoms with E-state index in [-0.39, 0.29) is 0 Å². The maximum Gasteiger partial charge on any atom is 0.116 e. The number of hydrogen-bond donors (Lipinski definition) is 1. The van der Waals surface area contributed by atoms with E-state index >= 15 is 0 Å². The first-order valence-corrected chi connectivity index (χ1v) is 6.12. The van der Waals surface area contributed by atoms with Crippen LogP contribution in [0.15, 0.2) is 30.5 Å². The van der Waals surface area contributed by atoms with Crippen molar-refractivity contribution in [2.75, 3.05) is 0 Å². The summed E-state index contributed by atoms with van der Waals surface area (Å²) in [5.41, 5.74) is 2.20. The second-order valence-corrected chi connectivity index (χ2v) is 4.53. The Kier molecular flexibility index (Phi) is 3.64. The topological polar surface area (TPSA) is 46.0 Å². The van der Waals surface area contributed by atoms with E-state index in [1.165, 1.54) is 17.1 Å². The lowest BCUT2D eigenvalue weighted by Gasteiger charge is -2.08. The third-order valence-corrected chi connectivity index (χ3v) is 3.20. The van der Waals surface area contributed by atoms with Gasteiger partial charge < -0.3 is 5.11 Å². The van der Waals surface area contributed by atoms with E-state index in [1.54, 1.807) is 6.20 Å². The number of hydrogen-bond acceptors (Lipinski definition) is 4. The third kappa shape index (κ3) is 2.46. The van der Waals surface area contributed by atoms with Crippen molar-refractivity contribution in [2.24, 2.45) is 0 Å². The Morgan fingerprint density at radius 1 is 1.31 bits per heavy atom. The fourth-order valence-corrected chi connectivity index (χ4v) is 2.13. The first kappa shape index (κ1) is 11.2. The molecule has 1 N–H and O–H groups in total. The van der Waals surface area contributed by atoms with Gasteiger partial charge in [0.1, 0.15) is 6.10 Å². The molecule has 0 aliphatic carbocycles. The van der Waals surface area contributed by atoms with Crippen LogP contribution in [-0.2, 0) is 6.42 Å². The number of rotatable bonds is 4. The molecule has 2 rings (SSSR count). The monoisotopic (exact) mass is 234 g/mol. The summed E-state index contributed by atoms with van der Waals surface area (Å²) in [6.07, 6.45) is 3.23. The van der Waals surface area contributed by atoms with Crippen LogP contribution in [0.2, 0.25) is 0 Å². The van der Waals surface area contributed by atoms with Crippen LogP contribution in [0.1, 0.15) is 35.5 Å². The summed E-state index contributed by atoms with van der Waals surface area (Å²) in [7, 11) is 0. The summed E-state index contributed by atoms with van der Waals surface area (Å²) in [5, 5.41) is 13.8. The SMILES string of the molecule is CCCc1ccc(C(O)c2cnns2)cc1. The van der Waals surface area contributed by atoms with Crippen LogP contribution < -0.4 is 0 Å². The van der Waals surface area contributed by atoms with Gasteiger partial charge in [-0.15, -0.1) is 5.10 Å². The van der Waals surface area contributed by atoms with Crippen LogP contribution in [0.4, 0.5) is 0 Å². The molecule has 0 bridgehead atoms. The Morgan fingerprint density at radius 3 is 2.62 bits per heavy atom. The van der Waals surface area contributed by atoms with Gasteiger partial charge in [-0.25, -0.2) is 0 Å². The number of aryl methyl sites for hydroxylation is 1. The van der Waals surface area contributed by atoms with Crippen molar-refractivity contribution in [2.45, 2.75) is 25.9 Å². The molecule has 1 aromatic carbocycles. The summed E-state index contributed by atoms with van der Waals surface area (Å²) in [5.74, 6) is 0. The first-order valence-electron chi connectivity index (χ1n) is 5.35. The summed E-state index contributed by atoms with van der Waals surface area (Å²) >= 11 is 1.23. The predicted molar refractivity (Wildman–Crippen MR) is 64.4 cm³/mol. The summed E-state index contributed by atoms with van der Waals surface area (Å²) in [4.78, 5) is 0.781. The van der Waals surface area contributed by atoms with Gasteiger partial charge in [0.15, 0.2) is 0 Å². The molecule has 1 unspecified atom stereocenters. The molecule has 0 fully saturated rings. The number of aliphatic hydroxyl groups excluding tert-OH is 1. The first-order chi connectivity index (χ1) is 7.81. The minimum absolute atomic E-state index is 0.601. The molecule has 0 saturated heterocycles. The van der Waals surface area contributed by atoms with Crippen molar-refractivity contribution in [1.82, 2.24) is 9.59 Å². The van der Waals surface area contributed by atoms with Crippen molar-refractivity contribution in [3.8, 4) is 0 Å². The zero-order valence-corrected chi connectivity index (χ0v) is 9.94. The van der Waals surface area contributed by atoms with Crippen molar-refractivity contribution in [1.29, 1.82) is 0 Å². The fourth-order valence-electron chi connectivity index (χ4n) is 1.61. The van der Waals surface area contributed by atoms with Gasteiger partial charge in [0.25, 0.3) is 0 Å². The normalized spacial score (nSPS) is 12.6. The van der Waals surface area contributed by atoms with Crippen LogP contribution in [0.3, 0.4) is 0 Å². The van der Waals surface area contributed by atoms with Crippen molar-refractivity contribution >= 4 is 11.5 Å². The smallest absolute Gasteiger partial charge is 0.116 e. The average Bonchev–Trinajstić information content (AvgIpc) is 2.83. The van der Waals surface area contributed by atoms with Gasteiger partial charge in [0, 0.05) is 0 Å². The van der Waals surface area contributed by atoms with Crippen LogP contribution in [0.25, 0.3) is 0 Å². The highest BCUT2D eigenvalue weighted by molar-refractivity contribution is 7.05. The van der Waals surface area contributed by atoms with Crippen LogP contribution in [0.5, 0.6) is 0 Å². The Balaban J connectivity index is 2.15. The minimum Gasteiger partial charge on any atom is -0.383 e. The lowest BCUT2D eigenvalue weighted by molar-refractivity contribution is 0.224. The van der Waals surface area contributed by atoms with E-state index in [4.69, 9.17) is 0 Å². The minimum atomic E-state index is -0.601. The number of nitrogens with zero attached hydrogens (tertiary/aromatic N) is 2. The molecular formula is C12H14N2OS. The molecule has 0 radical (unpaired) electrons. The number of aliphatic hydroxyl groups is 1. The molecule has 0 aliphatic rings. The molecule has 1 aromatic heterocycles. The van der Waals surface area contributed by atoms with E-state index in [0.717, 1.165) is 23.3 Å². The van der Waals surface area contributed by atoms with Gasteiger partial charge in [-0.1, -0.05) is 42.1 Å². The van der Waals surface area contributed by atoms with E-state index < -0.39 is 6.10 Å². The highest BCUT2D eigenvalue weighted by Gasteiger charge is 2.12. The zero-order valence-electron chi connectivity index (χ0n) is 9.13. The van der Waals surface area contributed by atoms with Gasteiger partial charge in [-0.05, 0) is 29.1 Å². The zero-order chi connectivity index (χ0) is 11.4. The van der Waals surface area contributed by atoms with E-state index in [0.29, 0.717) is 0 Å². The molecule has 0 saturated carbocycles. The van der Waals surface area contributed by atoms with Crippen molar-refractivity contribution < 1.29 is 5.11 Å². The van der Waals surface area contributed by atoms with Gasteiger partial charge in [0.2, 0.25) is 0 Å². The van der Waals surface area contributed by atoms with Crippen molar-refractivity contribution in [3.63, 3.8) is 0 Å². The maximum atomic E-state index is 10.0. The van der Waals surface area contributed by atoms with E-state index in [9.17, 15) is 5.11 Å². The van der Waals surface area contributed by atoms with Gasteiger partial charge in [0.05, 0.1) is 11.1 Å². The molecule has 4 heteroatoms. The molecule has 84 valence electrons. The number of aromatic nitrogens is 2. The largest absolute Gasteiger partial charge is 0.383 e. The summed E-state index contributed by atoms with van der Waals surface area (Å²) in [6, 6.07) is 8.07. The van der Waals surface area contributed by atoms with Gasteiger partial charge in [-0.3, -0.25) is 0 Å². The second kappa shape index (κ2) is 5.18. The Labute approximate surface area is 98.9 Å². The highest BCUT2D eigenvalue weighted by atomic mass is 32.1. The van der Waals surface area contributed by atoms with Crippen molar-refractivity contribution in [3.05, 3.63) is 46.5 Å². The quantitative estimate of drug-likeness (QED) is 0.884. The lowest BCUT2D eigenvalue weighted by atomic mass is 10.0. The van der Waals surface area contributed by atoms with Crippen LogP contribution in [-0.4, -0.2) is 14.7 Å². The molecule has 0 aliphatic heterocycles. The Morgan fingerprint density at radius 2 is 2.06 bits per heavy atom. The molecule has 3 nitrogen and oxygen atoms in total. The fraction of sp³-hybridized carbons (Fsp3) is 0.333.